The first-order chi connectivity index (χ1) is 13.7. The number of rotatable bonds is 9. The Morgan fingerprint density at radius 3 is 2.57 bits per heavy atom. The van der Waals surface area contributed by atoms with Crippen LogP contribution in [0.15, 0.2) is 48.5 Å². The monoisotopic (exact) mass is 383 g/mol. The summed E-state index contributed by atoms with van der Waals surface area (Å²) in [5.74, 6) is 1.02. The van der Waals surface area contributed by atoms with Gasteiger partial charge in [0.05, 0.1) is 19.3 Å². The van der Waals surface area contributed by atoms with Crippen molar-refractivity contribution in [3.8, 4) is 11.5 Å². The summed E-state index contributed by atoms with van der Waals surface area (Å²) in [5, 5.41) is 0. The zero-order valence-corrected chi connectivity index (χ0v) is 16.5. The highest BCUT2D eigenvalue weighted by atomic mass is 16.5. The molecule has 1 saturated heterocycles. The van der Waals surface area contributed by atoms with E-state index in [1.54, 1.807) is 25.3 Å². The molecule has 2 aromatic carbocycles. The molecule has 0 radical (unpaired) electrons. The predicted molar refractivity (Wildman–Crippen MR) is 111 cm³/mol. The molecule has 1 amide bonds. The second-order valence-electron chi connectivity index (χ2n) is 6.95. The number of unbranched alkanes of at least 4 members (excludes halogenated alkanes) is 1. The summed E-state index contributed by atoms with van der Waals surface area (Å²) in [6.45, 7) is 5.82. The van der Waals surface area contributed by atoms with Crippen molar-refractivity contribution < 1.29 is 14.3 Å². The van der Waals surface area contributed by atoms with Gasteiger partial charge in [-0.2, -0.15) is 0 Å². The van der Waals surface area contributed by atoms with Gasteiger partial charge in [-0.25, -0.2) is 0 Å². The van der Waals surface area contributed by atoms with Crippen LogP contribution in [0.2, 0.25) is 0 Å². The number of anilines is 1. The summed E-state index contributed by atoms with van der Waals surface area (Å²) in [5.41, 5.74) is 7.04. The number of ether oxygens (including phenoxy) is 2. The summed E-state index contributed by atoms with van der Waals surface area (Å²) in [6.07, 6.45) is 2.01. The van der Waals surface area contributed by atoms with Crippen LogP contribution in [0.1, 0.15) is 23.2 Å². The molecular weight excluding hydrogens is 354 g/mol. The van der Waals surface area contributed by atoms with E-state index in [0.29, 0.717) is 17.9 Å². The highest BCUT2D eigenvalue weighted by Crippen LogP contribution is 2.22. The van der Waals surface area contributed by atoms with Gasteiger partial charge in [0.2, 0.25) is 0 Å². The molecule has 2 aromatic rings. The van der Waals surface area contributed by atoms with E-state index in [-0.39, 0.29) is 0 Å². The number of hydrogen-bond acceptors (Lipinski definition) is 5. The summed E-state index contributed by atoms with van der Waals surface area (Å²) >= 11 is 0. The molecule has 3 rings (SSSR count). The van der Waals surface area contributed by atoms with Gasteiger partial charge >= 0.3 is 0 Å². The third kappa shape index (κ3) is 5.39. The molecule has 1 fully saturated rings. The number of para-hydroxylation sites is 1. The highest BCUT2D eigenvalue weighted by Gasteiger charge is 2.17. The smallest absolute Gasteiger partial charge is 0.252 e. The Hall–Kier alpha value is -2.73. The summed E-state index contributed by atoms with van der Waals surface area (Å²) < 4.78 is 11.1. The molecule has 150 valence electrons. The largest absolute Gasteiger partial charge is 0.497 e. The first-order valence-corrected chi connectivity index (χ1v) is 9.80. The van der Waals surface area contributed by atoms with E-state index in [2.05, 4.69) is 21.9 Å². The van der Waals surface area contributed by atoms with Crippen molar-refractivity contribution in [3.05, 3.63) is 54.1 Å². The second-order valence-corrected chi connectivity index (χ2v) is 6.95. The van der Waals surface area contributed by atoms with Crippen LogP contribution in [0.25, 0.3) is 0 Å². The van der Waals surface area contributed by atoms with E-state index >= 15 is 0 Å². The Morgan fingerprint density at radius 1 is 1.04 bits per heavy atom. The first kappa shape index (κ1) is 20.0. The lowest BCUT2D eigenvalue weighted by molar-refractivity contribution is 0.0996. The van der Waals surface area contributed by atoms with Crippen LogP contribution < -0.4 is 20.1 Å². The fourth-order valence-corrected chi connectivity index (χ4v) is 3.45. The van der Waals surface area contributed by atoms with Crippen LogP contribution >= 0.6 is 0 Å². The first-order valence-electron chi connectivity index (χ1n) is 9.80. The zero-order chi connectivity index (χ0) is 19.8. The lowest BCUT2D eigenvalue weighted by Gasteiger charge is -2.36. The quantitative estimate of drug-likeness (QED) is 0.675. The summed E-state index contributed by atoms with van der Waals surface area (Å²) in [6, 6.07) is 15.4. The number of amides is 1. The van der Waals surface area contributed by atoms with Gasteiger partial charge < -0.3 is 20.1 Å². The maximum absolute atomic E-state index is 11.4. The summed E-state index contributed by atoms with van der Waals surface area (Å²) in [4.78, 5) is 16.3. The van der Waals surface area contributed by atoms with Gasteiger partial charge in [-0.3, -0.25) is 9.69 Å². The number of hydrogen-bond donors (Lipinski definition) is 1. The molecule has 1 aliphatic heterocycles. The number of primary amides is 1. The molecule has 0 aliphatic carbocycles. The van der Waals surface area contributed by atoms with Crippen LogP contribution in [-0.4, -0.2) is 57.2 Å². The third-order valence-corrected chi connectivity index (χ3v) is 5.07. The van der Waals surface area contributed by atoms with E-state index in [1.807, 2.05) is 18.2 Å². The number of carbonyl (C=O) groups excluding carboxylic acids is 1. The Balaban J connectivity index is 1.35. The molecule has 0 spiro atoms. The van der Waals surface area contributed by atoms with Crippen molar-refractivity contribution in [1.29, 1.82) is 0 Å². The molecule has 1 aliphatic rings. The van der Waals surface area contributed by atoms with E-state index in [1.165, 1.54) is 5.69 Å². The fraction of sp³-hybridized carbons (Fsp3) is 0.409. The second kappa shape index (κ2) is 9.99. The Labute approximate surface area is 166 Å². The lowest BCUT2D eigenvalue weighted by atomic mass is 10.2. The molecule has 0 unspecified atom stereocenters. The van der Waals surface area contributed by atoms with E-state index in [4.69, 9.17) is 15.2 Å². The van der Waals surface area contributed by atoms with Gasteiger partial charge in [0, 0.05) is 37.9 Å². The van der Waals surface area contributed by atoms with Gasteiger partial charge in [0.15, 0.2) is 0 Å². The molecular formula is C22H29N3O3. The minimum absolute atomic E-state index is 0.441. The van der Waals surface area contributed by atoms with Crippen molar-refractivity contribution in [2.75, 3.05) is 51.3 Å². The van der Waals surface area contributed by atoms with Crippen LogP contribution in [0, 0.1) is 0 Å². The van der Waals surface area contributed by atoms with Crippen LogP contribution in [0.3, 0.4) is 0 Å². The van der Waals surface area contributed by atoms with Crippen molar-refractivity contribution in [2.45, 2.75) is 12.8 Å². The minimum Gasteiger partial charge on any atom is -0.497 e. The number of nitrogens with two attached hydrogens (primary N) is 1. The van der Waals surface area contributed by atoms with Crippen LogP contribution in [0.5, 0.6) is 11.5 Å². The topological polar surface area (TPSA) is 68.0 Å². The SMILES string of the molecule is COc1cccc(N2CCN(CCCCOc3ccccc3C(N)=O)CC2)c1. The number of methoxy groups -OCH3 is 1. The Kier molecular flexibility index (Phi) is 7.14. The molecule has 2 N–H and O–H groups in total. The van der Waals surface area contributed by atoms with Gasteiger partial charge in [-0.15, -0.1) is 0 Å². The third-order valence-electron chi connectivity index (χ3n) is 5.07. The van der Waals surface area contributed by atoms with Gasteiger partial charge in [-0.1, -0.05) is 18.2 Å². The van der Waals surface area contributed by atoms with Gasteiger partial charge in [-0.05, 0) is 43.7 Å². The molecule has 0 saturated carbocycles. The fourth-order valence-electron chi connectivity index (χ4n) is 3.45. The maximum Gasteiger partial charge on any atom is 0.252 e. The predicted octanol–water partition coefficient (Wildman–Crippen LogP) is 2.78. The maximum atomic E-state index is 11.4. The standard InChI is InChI=1S/C22H29N3O3/c1-27-19-8-6-7-18(17-19)25-14-12-24(13-15-25)11-4-5-16-28-21-10-3-2-9-20(21)22(23)26/h2-3,6-10,17H,4-5,11-16H2,1H3,(H2,23,26). The molecule has 28 heavy (non-hydrogen) atoms. The average molecular weight is 383 g/mol. The molecule has 6 nitrogen and oxygen atoms in total. The summed E-state index contributed by atoms with van der Waals surface area (Å²) in [7, 11) is 1.70. The number of piperazine rings is 1. The zero-order valence-electron chi connectivity index (χ0n) is 16.5. The van der Waals surface area contributed by atoms with E-state index in [0.717, 1.165) is 51.3 Å². The number of benzene rings is 2. The van der Waals surface area contributed by atoms with Crippen molar-refractivity contribution in [1.82, 2.24) is 4.90 Å². The normalized spacial score (nSPS) is 14.7. The van der Waals surface area contributed by atoms with Crippen molar-refractivity contribution in [3.63, 3.8) is 0 Å². The number of carbonyl (C=O) groups is 1. The lowest BCUT2D eigenvalue weighted by Crippen LogP contribution is -2.46. The van der Waals surface area contributed by atoms with Crippen LogP contribution in [0.4, 0.5) is 5.69 Å². The minimum atomic E-state index is -0.454. The van der Waals surface area contributed by atoms with E-state index in [9.17, 15) is 4.79 Å². The average Bonchev–Trinajstić information content (AvgIpc) is 2.74. The molecule has 6 heteroatoms. The Bertz CT molecular complexity index is 773. The number of nitrogens with zero attached hydrogens (tertiary/aromatic N) is 2. The highest BCUT2D eigenvalue weighted by molar-refractivity contribution is 5.95. The van der Waals surface area contributed by atoms with Crippen molar-refractivity contribution in [2.24, 2.45) is 5.73 Å². The molecule has 0 bridgehead atoms. The van der Waals surface area contributed by atoms with Gasteiger partial charge in [0.1, 0.15) is 11.5 Å². The van der Waals surface area contributed by atoms with Crippen LogP contribution in [-0.2, 0) is 0 Å². The molecule has 0 atom stereocenters. The molecule has 1 heterocycles. The van der Waals surface area contributed by atoms with Gasteiger partial charge in [0.25, 0.3) is 5.91 Å². The van der Waals surface area contributed by atoms with Crippen molar-refractivity contribution >= 4 is 11.6 Å². The Morgan fingerprint density at radius 2 is 1.82 bits per heavy atom. The van der Waals surface area contributed by atoms with E-state index < -0.39 is 5.91 Å². The molecule has 0 aromatic heterocycles.